The largest absolute Gasteiger partial charge is 0.472 e. The predicted octanol–water partition coefficient (Wildman–Crippen LogP) is 3.71. The van der Waals surface area contributed by atoms with Crippen LogP contribution in [0.25, 0.3) is 0 Å². The number of fused-ring (bicyclic) bond motifs is 1. The number of benzene rings is 1. The first-order chi connectivity index (χ1) is 11.5. The molecular weight excluding hydrogens is 329 g/mol. The minimum absolute atomic E-state index is 0.000277. The van der Waals surface area contributed by atoms with E-state index >= 15 is 0 Å². The van der Waals surface area contributed by atoms with Gasteiger partial charge in [0.15, 0.2) is 0 Å². The first kappa shape index (κ1) is 17.1. The summed E-state index contributed by atoms with van der Waals surface area (Å²) in [6.45, 7) is 7.83. The Morgan fingerprint density at radius 1 is 1.33 bits per heavy atom. The maximum Gasteiger partial charge on any atom is 0.220 e. The number of aromatic nitrogens is 2. The highest BCUT2D eigenvalue weighted by molar-refractivity contribution is 6.31. The predicted molar refractivity (Wildman–Crippen MR) is 92.0 cm³/mol. The van der Waals surface area contributed by atoms with Crippen LogP contribution < -0.4 is 4.74 Å². The molecule has 128 valence electrons. The monoisotopic (exact) mass is 349 g/mol. The molecule has 0 aliphatic carbocycles. The third-order valence-electron chi connectivity index (χ3n) is 4.35. The fourth-order valence-corrected chi connectivity index (χ4v) is 3.29. The van der Waals surface area contributed by atoms with E-state index in [2.05, 4.69) is 14.9 Å². The van der Waals surface area contributed by atoms with E-state index in [-0.39, 0.29) is 11.9 Å². The zero-order valence-corrected chi connectivity index (χ0v) is 14.9. The molecule has 6 heteroatoms. The lowest BCUT2D eigenvalue weighted by molar-refractivity contribution is 0.145. The maximum absolute atomic E-state index is 14.0. The molecule has 2 aromatic rings. The highest BCUT2D eigenvalue weighted by Gasteiger charge is 2.28. The molecule has 0 bridgehead atoms. The highest BCUT2D eigenvalue weighted by Crippen LogP contribution is 2.29. The van der Waals surface area contributed by atoms with Gasteiger partial charge in [-0.15, -0.1) is 0 Å². The highest BCUT2D eigenvalue weighted by atomic mass is 35.5. The number of nitrogens with zero attached hydrogens (tertiary/aromatic N) is 3. The Kier molecular flexibility index (Phi) is 5.01. The number of likely N-dealkylation sites (N-methyl/N-ethyl adjacent to an activating group) is 1. The van der Waals surface area contributed by atoms with Gasteiger partial charge in [-0.05, 0) is 32.5 Å². The maximum atomic E-state index is 14.0. The SMILES string of the molecule is CCN(Cc1c(F)cccc1Cl)CC1Cc2c(C)nc(C)nc2O1. The van der Waals surface area contributed by atoms with Crippen molar-refractivity contribution in [1.29, 1.82) is 0 Å². The average molecular weight is 350 g/mol. The summed E-state index contributed by atoms with van der Waals surface area (Å²) < 4.78 is 20.0. The Balaban J connectivity index is 1.70. The molecule has 1 aromatic heterocycles. The van der Waals surface area contributed by atoms with E-state index in [1.54, 1.807) is 12.1 Å². The Bertz CT molecular complexity index is 733. The minimum Gasteiger partial charge on any atom is -0.472 e. The Morgan fingerprint density at radius 3 is 2.83 bits per heavy atom. The van der Waals surface area contributed by atoms with E-state index in [1.165, 1.54) is 6.07 Å². The molecule has 0 amide bonds. The summed E-state index contributed by atoms with van der Waals surface area (Å²) in [6, 6.07) is 4.79. The fraction of sp³-hybridized carbons (Fsp3) is 0.444. The summed E-state index contributed by atoms with van der Waals surface area (Å²) in [5.41, 5.74) is 2.58. The average Bonchev–Trinajstić information content (AvgIpc) is 2.92. The van der Waals surface area contributed by atoms with Crippen molar-refractivity contribution in [2.45, 2.75) is 39.8 Å². The lowest BCUT2D eigenvalue weighted by Gasteiger charge is -2.24. The van der Waals surface area contributed by atoms with Crippen LogP contribution in [0, 0.1) is 19.7 Å². The van der Waals surface area contributed by atoms with E-state index in [0.717, 1.165) is 30.0 Å². The normalized spacial score (nSPS) is 16.3. The van der Waals surface area contributed by atoms with Crippen molar-refractivity contribution in [3.8, 4) is 5.88 Å². The van der Waals surface area contributed by atoms with E-state index in [0.29, 0.717) is 29.6 Å². The van der Waals surface area contributed by atoms with Crippen molar-refractivity contribution in [3.63, 3.8) is 0 Å². The zero-order chi connectivity index (χ0) is 17.3. The number of rotatable bonds is 5. The van der Waals surface area contributed by atoms with Crippen LogP contribution in [0.15, 0.2) is 18.2 Å². The molecule has 0 fully saturated rings. The van der Waals surface area contributed by atoms with Gasteiger partial charge < -0.3 is 4.74 Å². The molecule has 1 unspecified atom stereocenters. The van der Waals surface area contributed by atoms with E-state index in [4.69, 9.17) is 16.3 Å². The van der Waals surface area contributed by atoms with Gasteiger partial charge >= 0.3 is 0 Å². The van der Waals surface area contributed by atoms with Crippen LogP contribution >= 0.6 is 11.6 Å². The van der Waals surface area contributed by atoms with Gasteiger partial charge in [0.1, 0.15) is 17.7 Å². The minimum atomic E-state index is -0.270. The second-order valence-corrected chi connectivity index (χ2v) is 6.52. The molecule has 1 aliphatic rings. The summed E-state index contributed by atoms with van der Waals surface area (Å²) in [5.74, 6) is 1.14. The number of aryl methyl sites for hydroxylation is 2. The quantitative estimate of drug-likeness (QED) is 0.824. The molecule has 1 aliphatic heterocycles. The molecule has 2 heterocycles. The molecule has 0 N–H and O–H groups in total. The number of ether oxygens (including phenoxy) is 1. The standard InChI is InChI=1S/C18H21ClFN3O/c1-4-23(10-15-16(19)6-5-7-17(15)20)9-13-8-14-11(2)21-12(3)22-18(14)24-13/h5-7,13H,4,8-10H2,1-3H3. The van der Waals surface area contributed by atoms with Crippen molar-refractivity contribution in [3.05, 3.63) is 51.7 Å². The molecule has 0 radical (unpaired) electrons. The zero-order valence-electron chi connectivity index (χ0n) is 14.1. The van der Waals surface area contributed by atoms with Crippen LogP contribution in [0.1, 0.15) is 29.6 Å². The number of halogens is 2. The second-order valence-electron chi connectivity index (χ2n) is 6.11. The van der Waals surface area contributed by atoms with Crippen molar-refractivity contribution in [1.82, 2.24) is 14.9 Å². The topological polar surface area (TPSA) is 38.2 Å². The van der Waals surface area contributed by atoms with Gasteiger partial charge in [-0.2, -0.15) is 4.98 Å². The Morgan fingerprint density at radius 2 is 2.12 bits per heavy atom. The summed E-state index contributed by atoms with van der Waals surface area (Å²) in [7, 11) is 0. The van der Waals surface area contributed by atoms with Crippen LogP contribution in [-0.4, -0.2) is 34.1 Å². The van der Waals surface area contributed by atoms with Gasteiger partial charge in [-0.1, -0.05) is 24.6 Å². The van der Waals surface area contributed by atoms with E-state index < -0.39 is 0 Å². The summed E-state index contributed by atoms with van der Waals surface area (Å²) in [6.07, 6.45) is 0.781. The number of hydrogen-bond acceptors (Lipinski definition) is 4. The van der Waals surface area contributed by atoms with Crippen molar-refractivity contribution < 1.29 is 9.13 Å². The van der Waals surface area contributed by atoms with E-state index in [9.17, 15) is 4.39 Å². The summed E-state index contributed by atoms with van der Waals surface area (Å²) >= 11 is 6.14. The second kappa shape index (κ2) is 7.03. The molecule has 0 spiro atoms. The van der Waals surface area contributed by atoms with Crippen molar-refractivity contribution in [2.75, 3.05) is 13.1 Å². The van der Waals surface area contributed by atoms with Crippen LogP contribution in [0.3, 0.4) is 0 Å². The van der Waals surface area contributed by atoms with Gasteiger partial charge in [-0.25, -0.2) is 9.37 Å². The van der Waals surface area contributed by atoms with Crippen LogP contribution in [0.5, 0.6) is 5.88 Å². The van der Waals surface area contributed by atoms with Gasteiger partial charge in [0.05, 0.1) is 0 Å². The lowest BCUT2D eigenvalue weighted by atomic mass is 10.1. The third kappa shape index (κ3) is 3.52. The van der Waals surface area contributed by atoms with Gasteiger partial charge in [0, 0.05) is 41.4 Å². The first-order valence-electron chi connectivity index (χ1n) is 8.14. The molecule has 0 saturated carbocycles. The Hall–Kier alpha value is -1.72. The molecule has 1 atom stereocenters. The van der Waals surface area contributed by atoms with Crippen LogP contribution in [-0.2, 0) is 13.0 Å². The van der Waals surface area contributed by atoms with Gasteiger partial charge in [0.25, 0.3) is 0 Å². The van der Waals surface area contributed by atoms with Crippen LogP contribution in [0.2, 0.25) is 5.02 Å². The molecule has 1 aromatic carbocycles. The summed E-state index contributed by atoms with van der Waals surface area (Å²) in [4.78, 5) is 10.9. The number of hydrogen-bond donors (Lipinski definition) is 0. The molecule has 3 rings (SSSR count). The molecular formula is C18H21ClFN3O. The molecule has 4 nitrogen and oxygen atoms in total. The summed E-state index contributed by atoms with van der Waals surface area (Å²) in [5, 5.41) is 0.460. The van der Waals surface area contributed by atoms with Crippen LogP contribution in [0.4, 0.5) is 4.39 Å². The molecule has 24 heavy (non-hydrogen) atoms. The van der Waals surface area contributed by atoms with Gasteiger partial charge in [0.2, 0.25) is 5.88 Å². The van der Waals surface area contributed by atoms with Crippen molar-refractivity contribution >= 4 is 11.6 Å². The first-order valence-corrected chi connectivity index (χ1v) is 8.51. The van der Waals surface area contributed by atoms with Crippen molar-refractivity contribution in [2.24, 2.45) is 0 Å². The fourth-order valence-electron chi connectivity index (χ4n) is 3.07. The lowest BCUT2D eigenvalue weighted by Crippen LogP contribution is -2.34. The molecule has 0 saturated heterocycles. The van der Waals surface area contributed by atoms with E-state index in [1.807, 2.05) is 20.8 Å². The third-order valence-corrected chi connectivity index (χ3v) is 4.70. The Labute approximate surface area is 146 Å². The smallest absolute Gasteiger partial charge is 0.220 e. The van der Waals surface area contributed by atoms with Gasteiger partial charge in [-0.3, -0.25) is 4.90 Å².